The van der Waals surface area contributed by atoms with Crippen LogP contribution in [0.2, 0.25) is 20.1 Å². The first kappa shape index (κ1) is 48.5. The topological polar surface area (TPSA) is 168 Å². The van der Waals surface area contributed by atoms with E-state index >= 15 is 0 Å². The van der Waals surface area contributed by atoms with Gasteiger partial charge in [-0.1, -0.05) is 82.8 Å². The number of aliphatic hydroxyl groups excluding tert-OH is 2. The molecule has 0 bridgehead atoms. The predicted molar refractivity (Wildman–Crippen MR) is 256 cm³/mol. The Balaban J connectivity index is 0.000000196. The van der Waals surface area contributed by atoms with Gasteiger partial charge in [-0.3, -0.25) is 9.59 Å². The fourth-order valence-electron chi connectivity index (χ4n) is 8.10. The summed E-state index contributed by atoms with van der Waals surface area (Å²) >= 11 is 24.2. The normalized spacial score (nSPS) is 15.8. The maximum atomic E-state index is 12.8. The van der Waals surface area contributed by atoms with Crippen LogP contribution in [0.3, 0.4) is 0 Å². The first-order valence-corrected chi connectivity index (χ1v) is 23.2. The second-order valence-corrected chi connectivity index (χ2v) is 18.2. The van der Waals surface area contributed by atoms with Gasteiger partial charge in [-0.05, 0) is 156 Å². The van der Waals surface area contributed by atoms with Crippen molar-refractivity contribution in [3.8, 4) is 0 Å². The highest BCUT2D eigenvalue weighted by Crippen LogP contribution is 2.33. The van der Waals surface area contributed by atoms with Gasteiger partial charge in [0.05, 0.1) is 25.3 Å². The zero-order valence-corrected chi connectivity index (χ0v) is 39.5. The second kappa shape index (κ2) is 22.8. The molecule has 2 N–H and O–H groups in total. The lowest BCUT2D eigenvalue weighted by Gasteiger charge is -2.34. The molecule has 0 unspecified atom stereocenters. The Morgan fingerprint density at radius 1 is 0.576 bits per heavy atom. The zero-order chi connectivity index (χ0) is 46.7. The van der Waals surface area contributed by atoms with Gasteiger partial charge in [0.1, 0.15) is 0 Å². The van der Waals surface area contributed by atoms with Gasteiger partial charge in [-0.2, -0.15) is 9.59 Å². The molecule has 0 spiro atoms. The molecule has 344 valence electrons. The molecule has 8 rings (SSSR count). The summed E-state index contributed by atoms with van der Waals surface area (Å²) in [5, 5.41) is 48.1. The maximum absolute atomic E-state index is 12.8. The Bertz CT molecular complexity index is 2460. The molecule has 0 radical (unpaired) electrons. The fourth-order valence-corrected chi connectivity index (χ4v) is 8.74. The molecule has 2 amide bonds. The highest BCUT2D eigenvalue weighted by molar-refractivity contribution is 6.31. The quantitative estimate of drug-likeness (QED) is 0.113. The number of benzene rings is 4. The number of carbonyl (C=O) groups excluding carboxylic acids is 2. The summed E-state index contributed by atoms with van der Waals surface area (Å²) in [6, 6.07) is 25.6. The maximum Gasteiger partial charge on any atom is 0.246 e. The molecule has 2 aliphatic rings. The van der Waals surface area contributed by atoms with Crippen LogP contribution in [-0.2, 0) is 22.7 Å². The highest BCUT2D eigenvalue weighted by atomic mass is 35.5. The third-order valence-corrected chi connectivity index (χ3v) is 12.7. The number of aromatic nitrogens is 8. The molecule has 4 heterocycles. The molecule has 18 heteroatoms. The van der Waals surface area contributed by atoms with E-state index in [0.717, 1.165) is 59.1 Å². The Labute approximate surface area is 403 Å². The number of tetrazole rings is 2. The monoisotopic (exact) mass is 970 g/mol. The van der Waals surface area contributed by atoms with Gasteiger partial charge in [0.25, 0.3) is 0 Å². The summed E-state index contributed by atoms with van der Waals surface area (Å²) in [6.07, 6.45) is 8.63. The van der Waals surface area contributed by atoms with Crippen molar-refractivity contribution < 1.29 is 19.8 Å². The van der Waals surface area contributed by atoms with Crippen LogP contribution in [0.1, 0.15) is 82.9 Å². The average molecular weight is 973 g/mol. The third kappa shape index (κ3) is 13.3. The molecule has 0 aliphatic carbocycles. The summed E-state index contributed by atoms with van der Waals surface area (Å²) in [4.78, 5) is 32.2. The van der Waals surface area contributed by atoms with Gasteiger partial charge in [0.2, 0.25) is 11.8 Å². The lowest BCUT2D eigenvalue weighted by atomic mass is 9.87. The van der Waals surface area contributed by atoms with Crippen molar-refractivity contribution in [2.75, 3.05) is 26.2 Å². The molecule has 4 aromatic carbocycles. The van der Waals surface area contributed by atoms with Crippen LogP contribution in [0, 0.1) is 25.7 Å². The van der Waals surface area contributed by atoms with Crippen molar-refractivity contribution in [1.29, 1.82) is 0 Å². The van der Waals surface area contributed by atoms with Crippen molar-refractivity contribution in [2.24, 2.45) is 11.8 Å². The van der Waals surface area contributed by atoms with E-state index in [1.54, 1.807) is 74.5 Å². The smallest absolute Gasteiger partial charge is 0.246 e. The third-order valence-electron chi connectivity index (χ3n) is 11.8. The molecular weight excluding hydrogens is 922 g/mol. The van der Waals surface area contributed by atoms with Crippen molar-refractivity contribution in [2.45, 2.75) is 64.8 Å². The van der Waals surface area contributed by atoms with Crippen molar-refractivity contribution in [3.05, 3.63) is 162 Å². The number of likely N-dealkylation sites (tertiary alicyclic amines) is 2. The van der Waals surface area contributed by atoms with Gasteiger partial charge in [0, 0.05) is 58.4 Å². The molecule has 14 nitrogen and oxygen atoms in total. The van der Waals surface area contributed by atoms with Crippen LogP contribution in [0.5, 0.6) is 0 Å². The second-order valence-electron chi connectivity index (χ2n) is 16.4. The summed E-state index contributed by atoms with van der Waals surface area (Å²) in [7, 11) is 0. The van der Waals surface area contributed by atoms with E-state index in [4.69, 9.17) is 46.4 Å². The molecule has 2 fully saturated rings. The van der Waals surface area contributed by atoms with E-state index in [1.165, 1.54) is 9.59 Å². The Morgan fingerprint density at radius 3 is 1.26 bits per heavy atom. The first-order chi connectivity index (χ1) is 31.8. The van der Waals surface area contributed by atoms with Gasteiger partial charge in [-0.15, -0.1) is 20.4 Å². The standard InChI is InChI=1S/2C24H25Cl2N5O2/c2*1-16-27-29-31(28-16)15-20-14-22(26)8-2-17(20)5-9-23(32)30-12-10-19(11-13-30)24(33)18-3-6-21(25)7-4-18/h2*2-9,14,19,24,33H,10-13,15H2,1H3/b2*9-5+/t2*24-/m10/s1. The number of amides is 2. The van der Waals surface area contributed by atoms with Crippen molar-refractivity contribution in [3.63, 3.8) is 0 Å². The van der Waals surface area contributed by atoms with E-state index in [0.29, 0.717) is 71.0 Å². The van der Waals surface area contributed by atoms with Crippen LogP contribution in [0.25, 0.3) is 12.2 Å². The minimum Gasteiger partial charge on any atom is -0.388 e. The van der Waals surface area contributed by atoms with Crippen molar-refractivity contribution >= 4 is 70.4 Å². The number of hydrogen-bond donors (Lipinski definition) is 2. The minimum atomic E-state index is -0.555. The van der Waals surface area contributed by atoms with E-state index in [2.05, 4.69) is 30.8 Å². The van der Waals surface area contributed by atoms with Crippen LogP contribution in [-0.4, -0.2) is 98.4 Å². The van der Waals surface area contributed by atoms with E-state index in [9.17, 15) is 19.8 Å². The Kier molecular flexibility index (Phi) is 16.7. The summed E-state index contributed by atoms with van der Waals surface area (Å²) in [5.74, 6) is 1.30. The largest absolute Gasteiger partial charge is 0.388 e. The number of piperidine rings is 2. The number of rotatable bonds is 12. The van der Waals surface area contributed by atoms with Gasteiger partial charge >= 0.3 is 0 Å². The first-order valence-electron chi connectivity index (χ1n) is 21.6. The van der Waals surface area contributed by atoms with Crippen LogP contribution in [0.4, 0.5) is 0 Å². The number of hydrogen-bond acceptors (Lipinski definition) is 10. The van der Waals surface area contributed by atoms with Gasteiger partial charge < -0.3 is 20.0 Å². The molecule has 2 aliphatic heterocycles. The lowest BCUT2D eigenvalue weighted by molar-refractivity contribution is -0.128. The average Bonchev–Trinajstić information content (AvgIpc) is 3.94. The summed E-state index contributed by atoms with van der Waals surface area (Å²) < 4.78 is 0. The predicted octanol–water partition coefficient (Wildman–Crippen LogP) is 8.64. The molecule has 2 aromatic heterocycles. The van der Waals surface area contributed by atoms with Crippen LogP contribution in [0.15, 0.2) is 97.1 Å². The molecule has 2 atom stereocenters. The Morgan fingerprint density at radius 2 is 0.924 bits per heavy atom. The number of aliphatic hydroxyl groups is 2. The number of carbonyl (C=O) groups is 2. The molecule has 6 aromatic rings. The number of nitrogens with zero attached hydrogens (tertiary/aromatic N) is 10. The highest BCUT2D eigenvalue weighted by Gasteiger charge is 2.29. The van der Waals surface area contributed by atoms with Gasteiger partial charge in [-0.25, -0.2) is 0 Å². The Hall–Kier alpha value is -5.48. The molecule has 0 saturated carbocycles. The molecule has 66 heavy (non-hydrogen) atoms. The number of halogens is 4. The molecule has 2 saturated heterocycles. The van der Waals surface area contributed by atoms with E-state index in [-0.39, 0.29) is 23.7 Å². The van der Waals surface area contributed by atoms with Crippen LogP contribution < -0.4 is 0 Å². The zero-order valence-electron chi connectivity index (χ0n) is 36.5. The fraction of sp³-hybridized carbons (Fsp3) is 0.333. The van der Waals surface area contributed by atoms with Crippen LogP contribution >= 0.6 is 46.4 Å². The van der Waals surface area contributed by atoms with E-state index in [1.807, 2.05) is 58.3 Å². The molecular formula is C48H50Cl4N10O4. The number of aryl methyl sites for hydroxylation is 2. The van der Waals surface area contributed by atoms with E-state index < -0.39 is 12.2 Å². The minimum absolute atomic E-state index is 0.0509. The summed E-state index contributed by atoms with van der Waals surface area (Å²) in [6.45, 7) is 6.79. The van der Waals surface area contributed by atoms with Crippen molar-refractivity contribution in [1.82, 2.24) is 50.2 Å². The summed E-state index contributed by atoms with van der Waals surface area (Å²) in [5.41, 5.74) is 5.25. The lowest BCUT2D eigenvalue weighted by Crippen LogP contribution is -2.38. The SMILES string of the molecule is Cc1nnn(Cc2cc(Cl)ccc2/C=C/C(=O)N2CCC([C@@H](O)c3ccc(Cl)cc3)CC2)n1.Cc1nnn(Cc2cc(Cl)ccc2/C=C/C(=O)N2CCC([C@H](O)c3ccc(Cl)cc3)CC2)n1. The van der Waals surface area contributed by atoms with Gasteiger partial charge in [0.15, 0.2) is 11.6 Å².